The van der Waals surface area contributed by atoms with Gasteiger partial charge in [0, 0.05) is 6.04 Å². The van der Waals surface area contributed by atoms with Gasteiger partial charge in [0.25, 0.3) is 0 Å². The molecule has 0 fully saturated rings. The zero-order valence-corrected chi connectivity index (χ0v) is 12.9. The monoisotopic (exact) mass is 247 g/mol. The molecule has 1 heteroatoms. The van der Waals surface area contributed by atoms with Gasteiger partial charge in [-0.05, 0) is 29.5 Å². The number of hydrogen-bond acceptors (Lipinski definition) is 1. The van der Waals surface area contributed by atoms with Crippen molar-refractivity contribution in [1.29, 1.82) is 0 Å². The Hall–Kier alpha value is -0.820. The van der Waals surface area contributed by atoms with Crippen LogP contribution in [0.15, 0.2) is 24.3 Å². The van der Waals surface area contributed by atoms with E-state index in [9.17, 15) is 0 Å². The molecule has 0 aliphatic carbocycles. The summed E-state index contributed by atoms with van der Waals surface area (Å²) in [6.45, 7) is 11.3. The van der Waals surface area contributed by atoms with Crippen LogP contribution in [0.25, 0.3) is 0 Å². The quantitative estimate of drug-likeness (QED) is 0.796. The molecule has 0 saturated heterocycles. The standard InChI is InChI=1S/C17H29N/c1-7-13(8-2)16(18-6)14-9-11-15(12-10-14)17(3,4)5/h9-13,16,18H,7-8H2,1-6H3. The maximum absolute atomic E-state index is 3.48. The van der Waals surface area contributed by atoms with Gasteiger partial charge in [-0.25, -0.2) is 0 Å². The van der Waals surface area contributed by atoms with Gasteiger partial charge in [-0.3, -0.25) is 0 Å². The van der Waals surface area contributed by atoms with E-state index < -0.39 is 0 Å². The summed E-state index contributed by atoms with van der Waals surface area (Å²) in [5.74, 6) is 0.718. The van der Waals surface area contributed by atoms with Gasteiger partial charge in [0.15, 0.2) is 0 Å². The van der Waals surface area contributed by atoms with Gasteiger partial charge in [-0.2, -0.15) is 0 Å². The Balaban J connectivity index is 2.95. The lowest BCUT2D eigenvalue weighted by Gasteiger charge is -2.26. The third-order valence-electron chi connectivity index (χ3n) is 3.97. The van der Waals surface area contributed by atoms with Crippen molar-refractivity contribution in [2.45, 2.75) is 58.9 Å². The third-order valence-corrected chi connectivity index (χ3v) is 3.97. The summed E-state index contributed by atoms with van der Waals surface area (Å²) >= 11 is 0. The predicted molar refractivity (Wildman–Crippen MR) is 81.0 cm³/mol. The van der Waals surface area contributed by atoms with Crippen molar-refractivity contribution >= 4 is 0 Å². The average molecular weight is 247 g/mol. The highest BCUT2D eigenvalue weighted by molar-refractivity contribution is 5.29. The first-order chi connectivity index (χ1) is 8.43. The molecule has 1 atom stereocenters. The molecule has 0 aliphatic heterocycles. The van der Waals surface area contributed by atoms with Gasteiger partial charge < -0.3 is 5.32 Å². The first-order valence-corrected chi connectivity index (χ1v) is 7.21. The second kappa shape index (κ2) is 6.38. The van der Waals surface area contributed by atoms with Crippen molar-refractivity contribution in [3.8, 4) is 0 Å². The summed E-state index contributed by atoms with van der Waals surface area (Å²) in [7, 11) is 2.07. The van der Waals surface area contributed by atoms with Crippen LogP contribution in [0, 0.1) is 5.92 Å². The van der Waals surface area contributed by atoms with Gasteiger partial charge >= 0.3 is 0 Å². The fraction of sp³-hybridized carbons (Fsp3) is 0.647. The number of benzene rings is 1. The highest BCUT2D eigenvalue weighted by Gasteiger charge is 2.19. The lowest BCUT2D eigenvalue weighted by atomic mass is 9.84. The molecule has 1 aromatic rings. The predicted octanol–water partition coefficient (Wildman–Crippen LogP) is 4.68. The summed E-state index contributed by atoms with van der Waals surface area (Å²) in [4.78, 5) is 0. The maximum atomic E-state index is 3.48. The van der Waals surface area contributed by atoms with E-state index in [4.69, 9.17) is 0 Å². The molecule has 1 rings (SSSR count). The van der Waals surface area contributed by atoms with Crippen LogP contribution in [0.1, 0.15) is 64.6 Å². The normalized spacial score (nSPS) is 13.9. The molecule has 18 heavy (non-hydrogen) atoms. The first-order valence-electron chi connectivity index (χ1n) is 7.21. The first kappa shape index (κ1) is 15.2. The second-order valence-electron chi connectivity index (χ2n) is 6.21. The lowest BCUT2D eigenvalue weighted by molar-refractivity contribution is 0.359. The zero-order chi connectivity index (χ0) is 13.8. The van der Waals surface area contributed by atoms with E-state index in [1.807, 2.05) is 0 Å². The highest BCUT2D eigenvalue weighted by Crippen LogP contribution is 2.29. The Bertz CT molecular complexity index is 341. The minimum absolute atomic E-state index is 0.239. The third kappa shape index (κ3) is 3.58. The molecule has 0 radical (unpaired) electrons. The molecule has 1 N–H and O–H groups in total. The molecule has 0 bridgehead atoms. The number of rotatable bonds is 5. The van der Waals surface area contributed by atoms with Gasteiger partial charge in [-0.15, -0.1) is 0 Å². The Morgan fingerprint density at radius 1 is 1.00 bits per heavy atom. The molecule has 0 heterocycles. The minimum Gasteiger partial charge on any atom is -0.313 e. The molecule has 1 unspecified atom stereocenters. The highest BCUT2D eigenvalue weighted by atomic mass is 14.9. The van der Waals surface area contributed by atoms with Crippen molar-refractivity contribution in [2.75, 3.05) is 7.05 Å². The smallest absolute Gasteiger partial charge is 0.0345 e. The van der Waals surface area contributed by atoms with E-state index in [1.165, 1.54) is 24.0 Å². The molecule has 102 valence electrons. The molecule has 1 aromatic carbocycles. The molecule has 0 aromatic heterocycles. The van der Waals surface area contributed by atoms with Crippen LogP contribution in [-0.2, 0) is 5.41 Å². The number of nitrogens with one attached hydrogen (secondary N) is 1. The lowest BCUT2D eigenvalue weighted by Crippen LogP contribution is -2.24. The van der Waals surface area contributed by atoms with Crippen LogP contribution in [0.5, 0.6) is 0 Å². The van der Waals surface area contributed by atoms with Crippen LogP contribution in [-0.4, -0.2) is 7.05 Å². The van der Waals surface area contributed by atoms with Crippen LogP contribution in [0.4, 0.5) is 0 Å². The van der Waals surface area contributed by atoms with Gasteiger partial charge in [0.05, 0.1) is 0 Å². The Morgan fingerprint density at radius 2 is 1.50 bits per heavy atom. The summed E-state index contributed by atoms with van der Waals surface area (Å²) in [5, 5.41) is 3.48. The Morgan fingerprint density at radius 3 is 1.83 bits per heavy atom. The summed E-state index contributed by atoms with van der Waals surface area (Å²) in [6, 6.07) is 9.62. The second-order valence-corrected chi connectivity index (χ2v) is 6.21. The van der Waals surface area contributed by atoms with E-state index in [0.29, 0.717) is 6.04 Å². The van der Waals surface area contributed by atoms with Crippen LogP contribution >= 0.6 is 0 Å². The van der Waals surface area contributed by atoms with Gasteiger partial charge in [-0.1, -0.05) is 71.7 Å². The van der Waals surface area contributed by atoms with Crippen LogP contribution < -0.4 is 5.32 Å². The van der Waals surface area contributed by atoms with Crippen molar-refractivity contribution < 1.29 is 0 Å². The molecule has 1 nitrogen and oxygen atoms in total. The van der Waals surface area contributed by atoms with Crippen molar-refractivity contribution in [2.24, 2.45) is 5.92 Å². The summed E-state index contributed by atoms with van der Waals surface area (Å²) < 4.78 is 0. The summed E-state index contributed by atoms with van der Waals surface area (Å²) in [5.41, 5.74) is 3.06. The van der Waals surface area contributed by atoms with E-state index in [0.717, 1.165) is 5.92 Å². The SMILES string of the molecule is CCC(CC)C(NC)c1ccc(C(C)(C)C)cc1. The van der Waals surface area contributed by atoms with Crippen LogP contribution in [0.2, 0.25) is 0 Å². The van der Waals surface area contributed by atoms with Crippen LogP contribution in [0.3, 0.4) is 0 Å². The molecule has 0 amide bonds. The van der Waals surface area contributed by atoms with E-state index in [1.54, 1.807) is 0 Å². The topological polar surface area (TPSA) is 12.0 Å². The van der Waals surface area contributed by atoms with Crippen molar-refractivity contribution in [3.05, 3.63) is 35.4 Å². The molecule has 0 aliphatic rings. The number of hydrogen-bond donors (Lipinski definition) is 1. The van der Waals surface area contributed by atoms with E-state index >= 15 is 0 Å². The molecular weight excluding hydrogens is 218 g/mol. The summed E-state index contributed by atoms with van der Waals surface area (Å²) in [6.07, 6.45) is 2.45. The Labute approximate surface area is 113 Å². The largest absolute Gasteiger partial charge is 0.313 e. The van der Waals surface area contributed by atoms with E-state index in [-0.39, 0.29) is 5.41 Å². The van der Waals surface area contributed by atoms with E-state index in [2.05, 4.69) is 71.2 Å². The molecular formula is C17H29N. The fourth-order valence-electron chi connectivity index (χ4n) is 2.63. The maximum Gasteiger partial charge on any atom is 0.0345 e. The zero-order valence-electron chi connectivity index (χ0n) is 12.9. The van der Waals surface area contributed by atoms with Gasteiger partial charge in [0.1, 0.15) is 0 Å². The van der Waals surface area contributed by atoms with Crippen molar-refractivity contribution in [3.63, 3.8) is 0 Å². The average Bonchev–Trinajstić information content (AvgIpc) is 2.35. The molecule has 0 saturated carbocycles. The Kier molecular flexibility index (Phi) is 5.40. The molecule has 0 spiro atoms. The fourth-order valence-corrected chi connectivity index (χ4v) is 2.63. The van der Waals surface area contributed by atoms with Gasteiger partial charge in [0.2, 0.25) is 0 Å². The van der Waals surface area contributed by atoms with Crippen molar-refractivity contribution in [1.82, 2.24) is 5.32 Å². The minimum atomic E-state index is 0.239.